The molecule has 0 saturated carbocycles. The molecule has 0 aliphatic carbocycles. The highest BCUT2D eigenvalue weighted by Crippen LogP contribution is 2.31. The first-order valence-corrected chi connectivity index (χ1v) is 11.3. The molecule has 0 fully saturated rings. The Labute approximate surface area is 203 Å². The minimum absolute atomic E-state index is 0.122. The molecule has 0 aliphatic rings. The van der Waals surface area contributed by atoms with E-state index in [0.29, 0.717) is 35.8 Å². The molecule has 35 heavy (non-hydrogen) atoms. The third-order valence-electron chi connectivity index (χ3n) is 5.16. The smallest absolute Gasteiger partial charge is 0.412 e. The van der Waals surface area contributed by atoms with E-state index in [1.807, 2.05) is 6.92 Å². The van der Waals surface area contributed by atoms with E-state index in [0.717, 1.165) is 12.1 Å². The molecule has 0 aromatic heterocycles. The van der Waals surface area contributed by atoms with Crippen molar-refractivity contribution in [2.45, 2.75) is 39.7 Å². The van der Waals surface area contributed by atoms with Crippen molar-refractivity contribution >= 4 is 17.7 Å². The summed E-state index contributed by atoms with van der Waals surface area (Å²) in [6, 6.07) is 9.66. The highest BCUT2D eigenvalue weighted by atomic mass is 19.1. The molecule has 0 spiro atoms. The number of aliphatic hydroxyl groups is 1. The van der Waals surface area contributed by atoms with Gasteiger partial charge in [-0.1, -0.05) is 25.1 Å². The number of carbonyl (C=O) groups is 2. The second-order valence-corrected chi connectivity index (χ2v) is 7.88. The maximum Gasteiger partial charge on any atom is 0.412 e. The van der Waals surface area contributed by atoms with Gasteiger partial charge < -0.3 is 19.3 Å². The molecular formula is C26H31F2NO6. The lowest BCUT2D eigenvalue weighted by atomic mass is 9.92. The summed E-state index contributed by atoms with van der Waals surface area (Å²) in [6.45, 7) is 5.61. The molecule has 7 nitrogen and oxygen atoms in total. The number of nitrogens with one attached hydrogen (secondary N) is 1. The van der Waals surface area contributed by atoms with Gasteiger partial charge in [0.15, 0.2) is 0 Å². The lowest BCUT2D eigenvalue weighted by Gasteiger charge is -2.25. The van der Waals surface area contributed by atoms with Crippen LogP contribution in [-0.2, 0) is 14.3 Å². The fourth-order valence-corrected chi connectivity index (χ4v) is 3.32. The van der Waals surface area contributed by atoms with Gasteiger partial charge in [-0.05, 0) is 62.4 Å². The van der Waals surface area contributed by atoms with Crippen LogP contribution in [-0.4, -0.2) is 37.0 Å². The third-order valence-corrected chi connectivity index (χ3v) is 5.16. The molecule has 2 rings (SSSR count). The van der Waals surface area contributed by atoms with Crippen LogP contribution in [0.15, 0.2) is 54.1 Å². The van der Waals surface area contributed by atoms with Crippen molar-refractivity contribution in [1.29, 1.82) is 0 Å². The first-order chi connectivity index (χ1) is 16.7. The van der Waals surface area contributed by atoms with E-state index >= 15 is 0 Å². The van der Waals surface area contributed by atoms with Crippen LogP contribution < -0.4 is 10.1 Å². The highest BCUT2D eigenvalue weighted by Gasteiger charge is 2.24. The van der Waals surface area contributed by atoms with Gasteiger partial charge in [-0.25, -0.2) is 18.4 Å². The molecule has 0 aliphatic heterocycles. The Hall–Kier alpha value is -3.46. The monoisotopic (exact) mass is 491 g/mol. The van der Waals surface area contributed by atoms with Crippen molar-refractivity contribution in [3.63, 3.8) is 0 Å². The number of anilines is 1. The van der Waals surface area contributed by atoms with Gasteiger partial charge in [0.25, 0.3) is 0 Å². The van der Waals surface area contributed by atoms with Gasteiger partial charge in [0, 0.05) is 11.6 Å². The fourth-order valence-electron chi connectivity index (χ4n) is 3.32. The number of carbonyl (C=O) groups excluding carboxylic acids is 2. The average Bonchev–Trinajstić information content (AvgIpc) is 2.83. The molecule has 0 radical (unpaired) electrons. The van der Waals surface area contributed by atoms with Crippen LogP contribution in [0, 0.1) is 17.6 Å². The second kappa shape index (κ2) is 14.1. The van der Waals surface area contributed by atoms with Gasteiger partial charge in [0.05, 0.1) is 18.9 Å². The highest BCUT2D eigenvalue weighted by molar-refractivity contribution is 5.87. The Kier molecular flexibility index (Phi) is 11.2. The van der Waals surface area contributed by atoms with Crippen molar-refractivity contribution in [1.82, 2.24) is 0 Å². The van der Waals surface area contributed by atoms with Crippen LogP contribution in [0.25, 0.3) is 0 Å². The van der Waals surface area contributed by atoms with Crippen LogP contribution >= 0.6 is 0 Å². The van der Waals surface area contributed by atoms with Crippen molar-refractivity contribution in [2.75, 3.05) is 25.1 Å². The zero-order valence-corrected chi connectivity index (χ0v) is 20.1. The summed E-state index contributed by atoms with van der Waals surface area (Å²) in [5.41, 5.74) is 0.963. The van der Waals surface area contributed by atoms with Gasteiger partial charge in [-0.2, -0.15) is 0 Å². The topological polar surface area (TPSA) is 94.1 Å². The normalized spacial score (nSPS) is 13.0. The van der Waals surface area contributed by atoms with Crippen LogP contribution in [0.3, 0.4) is 0 Å². The number of ether oxygens (including phenoxy) is 3. The number of halogens is 2. The Morgan fingerprint density at radius 2 is 1.86 bits per heavy atom. The first kappa shape index (κ1) is 27.8. The summed E-state index contributed by atoms with van der Waals surface area (Å²) in [7, 11) is 0. The number of esters is 1. The third kappa shape index (κ3) is 9.01. The summed E-state index contributed by atoms with van der Waals surface area (Å²) in [6.07, 6.45) is 1.28. The standard InChI is InChI=1S/C26H31F2NO6/c1-4-33-25(31)18(3)7-5-6-17(2)24(19-8-11-21(12-9-19)34-15-14-30)35-26(32)29-23-13-10-20(27)16-22(23)28/h7-13,16-17,24,30H,4-6,14-15H2,1-3H3,(H,29,32)/b18-7+/t17-,24+/m1/s1. The number of aliphatic hydroxyl groups excluding tert-OH is 1. The predicted octanol–water partition coefficient (Wildman–Crippen LogP) is 5.55. The van der Waals surface area contributed by atoms with E-state index in [1.54, 1.807) is 44.2 Å². The number of hydrogen-bond donors (Lipinski definition) is 2. The van der Waals surface area contributed by atoms with E-state index in [-0.39, 0.29) is 37.4 Å². The average molecular weight is 492 g/mol. The summed E-state index contributed by atoms with van der Waals surface area (Å²) >= 11 is 0. The van der Waals surface area contributed by atoms with Gasteiger partial charge in [-0.3, -0.25) is 5.32 Å². The number of allylic oxidation sites excluding steroid dienone is 1. The van der Waals surface area contributed by atoms with Crippen molar-refractivity contribution in [2.24, 2.45) is 5.92 Å². The summed E-state index contributed by atoms with van der Waals surface area (Å²) in [4.78, 5) is 24.4. The first-order valence-electron chi connectivity index (χ1n) is 11.3. The number of benzene rings is 2. The number of hydrogen-bond acceptors (Lipinski definition) is 6. The Balaban J connectivity index is 2.15. The molecule has 0 heterocycles. The quantitative estimate of drug-likeness (QED) is 0.299. The molecule has 1 amide bonds. The SMILES string of the molecule is CCOC(=O)/C(C)=C/CC[C@@H](C)[C@H](OC(=O)Nc1ccc(F)cc1F)c1ccc(OCCO)cc1. The molecule has 2 atom stereocenters. The van der Waals surface area contributed by atoms with E-state index in [9.17, 15) is 18.4 Å². The molecule has 2 aromatic rings. The maximum absolute atomic E-state index is 14.0. The van der Waals surface area contributed by atoms with Crippen LogP contribution in [0.2, 0.25) is 0 Å². The molecule has 0 unspecified atom stereocenters. The molecule has 190 valence electrons. The molecule has 9 heteroatoms. The molecule has 2 N–H and O–H groups in total. The van der Waals surface area contributed by atoms with Crippen LogP contribution in [0.4, 0.5) is 19.3 Å². The van der Waals surface area contributed by atoms with Gasteiger partial charge in [-0.15, -0.1) is 0 Å². The fraction of sp³-hybridized carbons (Fsp3) is 0.385. The molecule has 0 saturated heterocycles. The number of rotatable bonds is 12. The van der Waals surface area contributed by atoms with E-state index in [1.165, 1.54) is 0 Å². The van der Waals surface area contributed by atoms with E-state index in [4.69, 9.17) is 19.3 Å². The van der Waals surface area contributed by atoms with Crippen molar-refractivity contribution < 1.29 is 37.7 Å². The minimum atomic E-state index is -0.920. The van der Waals surface area contributed by atoms with Crippen molar-refractivity contribution in [3.8, 4) is 5.75 Å². The second-order valence-electron chi connectivity index (χ2n) is 7.88. The lowest BCUT2D eigenvalue weighted by molar-refractivity contribution is -0.138. The molecular weight excluding hydrogens is 460 g/mol. The van der Waals surface area contributed by atoms with Crippen LogP contribution in [0.5, 0.6) is 5.75 Å². The van der Waals surface area contributed by atoms with Gasteiger partial charge in [0.1, 0.15) is 30.1 Å². The van der Waals surface area contributed by atoms with Gasteiger partial charge in [0.2, 0.25) is 0 Å². The number of amides is 1. The Morgan fingerprint density at radius 3 is 2.49 bits per heavy atom. The summed E-state index contributed by atoms with van der Waals surface area (Å²) in [5.74, 6) is -1.71. The van der Waals surface area contributed by atoms with Gasteiger partial charge >= 0.3 is 12.1 Å². The summed E-state index contributed by atoms with van der Waals surface area (Å²) in [5, 5.41) is 11.2. The Bertz CT molecular complexity index is 1010. The lowest BCUT2D eigenvalue weighted by Crippen LogP contribution is -2.22. The van der Waals surface area contributed by atoms with E-state index in [2.05, 4.69) is 5.32 Å². The zero-order chi connectivity index (χ0) is 25.8. The molecule has 0 bridgehead atoms. The zero-order valence-electron chi connectivity index (χ0n) is 20.1. The Morgan fingerprint density at radius 1 is 1.14 bits per heavy atom. The molecule has 2 aromatic carbocycles. The summed E-state index contributed by atoms with van der Waals surface area (Å²) < 4.78 is 43.1. The minimum Gasteiger partial charge on any atom is -0.491 e. The van der Waals surface area contributed by atoms with Crippen LogP contribution in [0.1, 0.15) is 45.3 Å². The predicted molar refractivity (Wildman–Crippen MR) is 127 cm³/mol. The van der Waals surface area contributed by atoms with E-state index < -0.39 is 23.8 Å². The van der Waals surface area contributed by atoms with Crippen molar-refractivity contribution in [3.05, 3.63) is 71.3 Å². The largest absolute Gasteiger partial charge is 0.491 e. The maximum atomic E-state index is 14.0.